The fourth-order valence-electron chi connectivity index (χ4n) is 2.31. The van der Waals surface area contributed by atoms with E-state index in [2.05, 4.69) is 10.0 Å². The lowest BCUT2D eigenvalue weighted by atomic mass is 9.92. The molecular weight excluding hydrogens is 250 g/mol. The van der Waals surface area contributed by atoms with Crippen LogP contribution in [0.5, 0.6) is 0 Å². The molecule has 2 N–H and O–H groups in total. The highest BCUT2D eigenvalue weighted by atomic mass is 32.2. The Bertz CT molecular complexity index is 331. The molecule has 5 nitrogen and oxygen atoms in total. The maximum absolute atomic E-state index is 12.4. The van der Waals surface area contributed by atoms with Crippen LogP contribution in [-0.2, 0) is 10.2 Å². The Hall–Kier alpha value is -0.170. The van der Waals surface area contributed by atoms with Gasteiger partial charge in [0.1, 0.15) is 0 Å². The average Bonchev–Trinajstić information content (AvgIpc) is 2.28. The third kappa shape index (κ3) is 4.50. The molecule has 1 aliphatic heterocycles. The Kier molecular flexibility index (Phi) is 6.04. The van der Waals surface area contributed by atoms with Crippen LogP contribution in [0.3, 0.4) is 0 Å². The van der Waals surface area contributed by atoms with Crippen LogP contribution in [0.2, 0.25) is 0 Å². The third-order valence-corrected chi connectivity index (χ3v) is 5.16. The van der Waals surface area contributed by atoms with Gasteiger partial charge in [-0.25, -0.2) is 0 Å². The predicted octanol–water partition coefficient (Wildman–Crippen LogP) is 1.08. The van der Waals surface area contributed by atoms with Crippen LogP contribution in [0.4, 0.5) is 0 Å². The zero-order valence-corrected chi connectivity index (χ0v) is 12.6. The van der Waals surface area contributed by atoms with E-state index in [0.717, 1.165) is 38.8 Å². The summed E-state index contributed by atoms with van der Waals surface area (Å²) in [6.07, 6.45) is 3.38. The molecule has 1 aliphatic rings. The molecule has 0 aromatic carbocycles. The quantitative estimate of drug-likeness (QED) is 0.732. The highest BCUT2D eigenvalue weighted by molar-refractivity contribution is 7.87. The van der Waals surface area contributed by atoms with E-state index in [-0.39, 0.29) is 5.54 Å². The summed E-state index contributed by atoms with van der Waals surface area (Å²) in [7, 11) is -3.35. The van der Waals surface area contributed by atoms with Crippen LogP contribution in [0, 0.1) is 0 Å². The molecule has 0 aliphatic carbocycles. The summed E-state index contributed by atoms with van der Waals surface area (Å²) in [5.74, 6) is 0. The second kappa shape index (κ2) is 6.84. The molecule has 0 atom stereocenters. The van der Waals surface area contributed by atoms with E-state index < -0.39 is 10.2 Å². The van der Waals surface area contributed by atoms with E-state index in [1.165, 1.54) is 0 Å². The minimum atomic E-state index is -3.35. The first-order valence-corrected chi connectivity index (χ1v) is 8.37. The molecule has 0 saturated carbocycles. The topological polar surface area (TPSA) is 61.4 Å². The van der Waals surface area contributed by atoms with E-state index >= 15 is 0 Å². The lowest BCUT2D eigenvalue weighted by Crippen LogP contribution is -2.56. The van der Waals surface area contributed by atoms with Crippen LogP contribution < -0.4 is 10.0 Å². The Balaban J connectivity index is 2.71. The van der Waals surface area contributed by atoms with Gasteiger partial charge in [-0.15, -0.1) is 0 Å². The van der Waals surface area contributed by atoms with Crippen LogP contribution >= 0.6 is 0 Å². The van der Waals surface area contributed by atoms with Gasteiger partial charge in [0.05, 0.1) is 0 Å². The first-order valence-electron chi connectivity index (χ1n) is 6.93. The van der Waals surface area contributed by atoms with Gasteiger partial charge in [-0.1, -0.05) is 13.8 Å². The number of hydrogen-bond acceptors (Lipinski definition) is 3. The van der Waals surface area contributed by atoms with Crippen molar-refractivity contribution in [1.29, 1.82) is 0 Å². The summed E-state index contributed by atoms with van der Waals surface area (Å²) in [6, 6.07) is 0. The highest BCUT2D eigenvalue weighted by Crippen LogP contribution is 2.19. The molecule has 18 heavy (non-hydrogen) atoms. The molecule has 0 spiro atoms. The van der Waals surface area contributed by atoms with Crippen molar-refractivity contribution in [2.45, 2.75) is 52.0 Å². The number of piperidine rings is 1. The Morgan fingerprint density at radius 2 is 1.67 bits per heavy atom. The van der Waals surface area contributed by atoms with Gasteiger partial charge in [0.2, 0.25) is 0 Å². The molecule has 0 bridgehead atoms. The largest absolute Gasteiger partial charge is 0.317 e. The summed E-state index contributed by atoms with van der Waals surface area (Å²) in [6.45, 7) is 8.95. The van der Waals surface area contributed by atoms with Gasteiger partial charge in [0.25, 0.3) is 10.2 Å². The molecule has 1 rings (SSSR count). The normalized spacial score (nSPS) is 20.2. The maximum atomic E-state index is 12.4. The van der Waals surface area contributed by atoms with Gasteiger partial charge in [0, 0.05) is 18.6 Å². The average molecular weight is 277 g/mol. The van der Waals surface area contributed by atoms with E-state index in [0.29, 0.717) is 13.1 Å². The Labute approximate surface area is 112 Å². The van der Waals surface area contributed by atoms with Gasteiger partial charge in [0.15, 0.2) is 0 Å². The molecule has 0 unspecified atom stereocenters. The molecule has 6 heteroatoms. The number of nitrogens with one attached hydrogen (secondary N) is 2. The minimum Gasteiger partial charge on any atom is -0.317 e. The van der Waals surface area contributed by atoms with Crippen LogP contribution in [0.1, 0.15) is 46.5 Å². The van der Waals surface area contributed by atoms with Crippen LogP contribution in [-0.4, -0.2) is 44.4 Å². The van der Waals surface area contributed by atoms with Crippen molar-refractivity contribution in [3.05, 3.63) is 0 Å². The molecule has 108 valence electrons. The summed E-state index contributed by atoms with van der Waals surface area (Å²) in [5, 5.41) is 3.26. The fraction of sp³-hybridized carbons (Fsp3) is 1.00. The summed E-state index contributed by atoms with van der Waals surface area (Å²) < 4.78 is 29.2. The molecule has 1 saturated heterocycles. The van der Waals surface area contributed by atoms with E-state index in [4.69, 9.17) is 0 Å². The minimum absolute atomic E-state index is 0.302. The highest BCUT2D eigenvalue weighted by Gasteiger charge is 2.33. The predicted molar refractivity (Wildman–Crippen MR) is 74.7 cm³/mol. The van der Waals surface area contributed by atoms with Crippen molar-refractivity contribution in [1.82, 2.24) is 14.3 Å². The van der Waals surface area contributed by atoms with Crippen molar-refractivity contribution in [2.75, 3.05) is 26.2 Å². The van der Waals surface area contributed by atoms with Crippen molar-refractivity contribution >= 4 is 10.2 Å². The Morgan fingerprint density at radius 3 is 2.11 bits per heavy atom. The lowest BCUT2D eigenvalue weighted by Gasteiger charge is -2.36. The van der Waals surface area contributed by atoms with Crippen molar-refractivity contribution in [3.63, 3.8) is 0 Å². The van der Waals surface area contributed by atoms with Crippen molar-refractivity contribution in [2.24, 2.45) is 0 Å². The number of nitrogens with zero attached hydrogens (tertiary/aromatic N) is 1. The Morgan fingerprint density at radius 1 is 1.17 bits per heavy atom. The fourth-order valence-corrected chi connectivity index (χ4v) is 4.11. The van der Waals surface area contributed by atoms with E-state index in [1.807, 2.05) is 20.8 Å². The molecule has 0 radical (unpaired) electrons. The van der Waals surface area contributed by atoms with Gasteiger partial charge < -0.3 is 5.32 Å². The first kappa shape index (κ1) is 15.9. The molecular formula is C12H27N3O2S. The number of hydrogen-bond donors (Lipinski definition) is 2. The zero-order chi connectivity index (χ0) is 13.6. The van der Waals surface area contributed by atoms with Gasteiger partial charge >= 0.3 is 0 Å². The lowest BCUT2D eigenvalue weighted by molar-refractivity contribution is 0.294. The first-order chi connectivity index (χ1) is 8.43. The second-order valence-electron chi connectivity index (χ2n) is 5.32. The second-order valence-corrected chi connectivity index (χ2v) is 6.99. The standard InChI is InChI=1S/C12H27N3O2S/c1-4-10-15(11-5-2)18(16,17)14-12(3)6-8-13-9-7-12/h13-14H,4-11H2,1-3H3. The van der Waals surface area contributed by atoms with Crippen molar-refractivity contribution < 1.29 is 8.42 Å². The summed E-state index contributed by atoms with van der Waals surface area (Å²) >= 11 is 0. The summed E-state index contributed by atoms with van der Waals surface area (Å²) in [4.78, 5) is 0. The molecule has 0 aromatic rings. The number of rotatable bonds is 7. The monoisotopic (exact) mass is 277 g/mol. The van der Waals surface area contributed by atoms with E-state index in [1.54, 1.807) is 4.31 Å². The summed E-state index contributed by atoms with van der Waals surface area (Å²) in [5.41, 5.74) is -0.302. The van der Waals surface area contributed by atoms with Crippen molar-refractivity contribution in [3.8, 4) is 0 Å². The molecule has 1 fully saturated rings. The SMILES string of the molecule is CCCN(CCC)S(=O)(=O)NC1(C)CCNCC1. The van der Waals surface area contributed by atoms with Crippen LogP contribution in [0.25, 0.3) is 0 Å². The molecule has 0 amide bonds. The third-order valence-electron chi connectivity index (χ3n) is 3.37. The van der Waals surface area contributed by atoms with Gasteiger partial charge in [-0.3, -0.25) is 0 Å². The van der Waals surface area contributed by atoms with Gasteiger partial charge in [-0.05, 0) is 45.7 Å². The smallest absolute Gasteiger partial charge is 0.279 e. The van der Waals surface area contributed by atoms with Gasteiger partial charge in [-0.2, -0.15) is 17.4 Å². The zero-order valence-electron chi connectivity index (χ0n) is 11.8. The maximum Gasteiger partial charge on any atom is 0.279 e. The van der Waals surface area contributed by atoms with E-state index in [9.17, 15) is 8.42 Å². The molecule has 1 heterocycles. The van der Waals surface area contributed by atoms with Crippen LogP contribution in [0.15, 0.2) is 0 Å². The molecule has 0 aromatic heterocycles.